The average Bonchev–Trinajstić information content (AvgIpc) is 2.27. The second-order valence-electron chi connectivity index (χ2n) is 4.13. The Balaban J connectivity index is 3.68. The van der Waals surface area contributed by atoms with Crippen molar-refractivity contribution in [3.05, 3.63) is 0 Å². The van der Waals surface area contributed by atoms with E-state index < -0.39 is 6.04 Å². The van der Waals surface area contributed by atoms with Gasteiger partial charge in [-0.1, -0.05) is 0 Å². The van der Waals surface area contributed by atoms with Gasteiger partial charge < -0.3 is 0 Å². The van der Waals surface area contributed by atoms with Crippen LogP contribution in [-0.4, -0.2) is 22.8 Å². The Morgan fingerprint density at radius 2 is 2.00 bits per heavy atom. The summed E-state index contributed by atoms with van der Waals surface area (Å²) in [5, 5.41) is 2.65. The summed E-state index contributed by atoms with van der Waals surface area (Å²) in [5.41, 5.74) is 5.42. The van der Waals surface area contributed by atoms with Crippen molar-refractivity contribution in [2.24, 2.45) is 5.73 Å². The van der Waals surface area contributed by atoms with E-state index in [1.54, 1.807) is 0 Å². The molecule has 1 amide bonds. The number of hydrogen-bond acceptors (Lipinski definition) is 3. The van der Waals surface area contributed by atoms with Gasteiger partial charge in [-0.25, -0.2) is 0 Å². The molecule has 0 aromatic heterocycles. The molecule has 0 heterocycles. The van der Waals surface area contributed by atoms with E-state index >= 15 is 0 Å². The fourth-order valence-electron chi connectivity index (χ4n) is 1.51. The Morgan fingerprint density at radius 3 is 2.53 bits per heavy atom. The number of nitrogens with two attached hydrogens (primary N) is 1. The van der Waals surface area contributed by atoms with Crippen molar-refractivity contribution < 1.29 is 25.2 Å². The van der Waals surface area contributed by atoms with Crippen LogP contribution in [0.25, 0.3) is 0 Å². The quantitative estimate of drug-likeness (QED) is 0.357. The van der Waals surface area contributed by atoms with Crippen molar-refractivity contribution in [1.82, 2.24) is 5.32 Å². The molecule has 0 aliphatic rings. The van der Waals surface area contributed by atoms with E-state index in [2.05, 4.69) is 27.8 Å². The van der Waals surface area contributed by atoms with Crippen molar-refractivity contribution >= 4 is 16.7 Å². The van der Waals surface area contributed by atoms with Crippen molar-refractivity contribution in [2.45, 2.75) is 57.9 Å². The number of hydrogen-bond donors (Lipinski definition) is 2. The first-order valence-electron chi connectivity index (χ1n) is 6.11. The van der Waals surface area contributed by atoms with Gasteiger partial charge in [0.15, 0.2) is 0 Å². The van der Waals surface area contributed by atoms with E-state index in [1.165, 1.54) is 19.3 Å². The summed E-state index contributed by atoms with van der Waals surface area (Å²) < 4.78 is 0.470. The molecule has 0 unspecified atom stereocenters. The van der Waals surface area contributed by atoms with Crippen LogP contribution in [0, 0.1) is 0 Å². The SMILES string of the molecule is CCCCCCCC(=O)N[C@@H](C=O)C[C](N)=[Mn]. The molecule has 0 aromatic rings. The first kappa shape index (κ1) is 16.5. The first-order chi connectivity index (χ1) is 8.10. The molecule has 5 heteroatoms. The van der Waals surface area contributed by atoms with Gasteiger partial charge in [-0.05, 0) is 0 Å². The molecule has 3 N–H and O–H groups in total. The molecule has 0 rings (SSSR count). The van der Waals surface area contributed by atoms with Gasteiger partial charge in [-0.2, -0.15) is 0 Å². The Hall–Kier alpha value is -0.511. The number of nitrogens with one attached hydrogen (secondary N) is 1. The van der Waals surface area contributed by atoms with E-state index in [4.69, 9.17) is 5.73 Å². The third-order valence-electron chi connectivity index (χ3n) is 2.43. The van der Waals surface area contributed by atoms with E-state index in [0.29, 0.717) is 23.7 Å². The van der Waals surface area contributed by atoms with Crippen LogP contribution in [0.2, 0.25) is 0 Å². The second kappa shape index (κ2) is 10.6. The summed E-state index contributed by atoms with van der Waals surface area (Å²) in [7, 11) is 0. The van der Waals surface area contributed by atoms with Crippen LogP contribution < -0.4 is 11.1 Å². The minimum absolute atomic E-state index is 0.0765. The predicted molar refractivity (Wildman–Crippen MR) is 65.2 cm³/mol. The summed E-state index contributed by atoms with van der Waals surface area (Å²) >= 11 is 3.07. The zero-order chi connectivity index (χ0) is 13.1. The van der Waals surface area contributed by atoms with Gasteiger partial charge in [0.1, 0.15) is 0 Å². The minimum atomic E-state index is -0.516. The van der Waals surface area contributed by atoms with Crippen LogP contribution >= 0.6 is 0 Å². The number of amides is 1. The third-order valence-corrected chi connectivity index (χ3v) is 2.67. The second-order valence-corrected chi connectivity index (χ2v) is 4.88. The summed E-state index contributed by atoms with van der Waals surface area (Å²) in [5.74, 6) is -0.0765. The summed E-state index contributed by atoms with van der Waals surface area (Å²) in [6, 6.07) is -0.516. The van der Waals surface area contributed by atoms with Gasteiger partial charge in [-0.15, -0.1) is 0 Å². The van der Waals surface area contributed by atoms with Crippen molar-refractivity contribution in [3.63, 3.8) is 0 Å². The standard InChI is InChI=1S/C12H22N2O2.Mn/c1-2-3-4-5-6-7-12(16)14-11(10-15)8-9-13;/h10-11H,2-8,13H2,1H3,(H,14,16);/t11-;/m1./s1. The van der Waals surface area contributed by atoms with Crippen LogP contribution in [0.15, 0.2) is 0 Å². The molecule has 99 valence electrons. The molecule has 0 fully saturated rings. The monoisotopic (exact) mass is 281 g/mol. The molecular formula is C12H22MnN2O2. The fraction of sp³-hybridized carbons (Fsp3) is 0.750. The summed E-state index contributed by atoms with van der Waals surface area (Å²) in [4.78, 5) is 22.2. The zero-order valence-electron chi connectivity index (χ0n) is 10.4. The maximum atomic E-state index is 11.5. The molecule has 0 saturated heterocycles. The van der Waals surface area contributed by atoms with Crippen LogP contribution in [-0.2, 0) is 25.2 Å². The van der Waals surface area contributed by atoms with Crippen molar-refractivity contribution in [1.29, 1.82) is 0 Å². The average molecular weight is 281 g/mol. The predicted octanol–water partition coefficient (Wildman–Crippen LogP) is 1.06. The zero-order valence-corrected chi connectivity index (χ0v) is 11.6. The molecule has 0 spiro atoms. The van der Waals surface area contributed by atoms with Gasteiger partial charge in [0.2, 0.25) is 0 Å². The molecular weight excluding hydrogens is 259 g/mol. The van der Waals surface area contributed by atoms with Crippen LogP contribution in [0.3, 0.4) is 0 Å². The number of aldehydes is 1. The van der Waals surface area contributed by atoms with Gasteiger partial charge in [0.25, 0.3) is 0 Å². The number of unbranched alkanes of at least 4 members (excludes halogenated alkanes) is 4. The molecule has 4 nitrogen and oxygen atoms in total. The van der Waals surface area contributed by atoms with Crippen molar-refractivity contribution in [3.8, 4) is 0 Å². The van der Waals surface area contributed by atoms with Crippen LogP contribution in [0.4, 0.5) is 0 Å². The van der Waals surface area contributed by atoms with Crippen molar-refractivity contribution in [2.75, 3.05) is 0 Å². The van der Waals surface area contributed by atoms with Gasteiger partial charge in [-0.3, -0.25) is 0 Å². The maximum absolute atomic E-state index is 11.5. The molecule has 0 radical (unpaired) electrons. The topological polar surface area (TPSA) is 72.2 Å². The normalized spacial score (nSPS) is 11.9. The molecule has 0 aromatic carbocycles. The van der Waals surface area contributed by atoms with E-state index in [1.807, 2.05) is 0 Å². The van der Waals surface area contributed by atoms with Crippen LogP contribution in [0.1, 0.15) is 51.9 Å². The molecule has 0 bridgehead atoms. The molecule has 0 saturated carbocycles. The molecule has 0 aliphatic carbocycles. The Kier molecular flexibility index (Phi) is 10.3. The molecule has 1 atom stereocenters. The fourth-order valence-corrected chi connectivity index (χ4v) is 1.77. The van der Waals surface area contributed by atoms with Crippen LogP contribution in [0.5, 0.6) is 0 Å². The van der Waals surface area contributed by atoms with Gasteiger partial charge in [0.05, 0.1) is 0 Å². The summed E-state index contributed by atoms with van der Waals surface area (Å²) in [6.07, 6.45) is 7.06. The Morgan fingerprint density at radius 1 is 1.35 bits per heavy atom. The van der Waals surface area contributed by atoms with E-state index in [-0.39, 0.29) is 5.91 Å². The molecule has 17 heavy (non-hydrogen) atoms. The number of carbonyl (C=O) groups excluding carboxylic acids is 2. The number of rotatable bonds is 10. The van der Waals surface area contributed by atoms with Gasteiger partial charge in [0, 0.05) is 0 Å². The van der Waals surface area contributed by atoms with Gasteiger partial charge >= 0.3 is 111 Å². The molecule has 0 aliphatic heterocycles. The third kappa shape index (κ3) is 10.4. The van der Waals surface area contributed by atoms with E-state index in [9.17, 15) is 9.59 Å². The van der Waals surface area contributed by atoms with E-state index in [0.717, 1.165) is 12.8 Å². The summed E-state index contributed by atoms with van der Waals surface area (Å²) in [6.45, 7) is 2.16. The Bertz CT molecular complexity index is 257. The first-order valence-corrected chi connectivity index (χ1v) is 6.70. The Labute approximate surface area is 111 Å². The number of carbonyl (C=O) groups is 2.